The van der Waals surface area contributed by atoms with E-state index >= 15 is 0 Å². The van der Waals surface area contributed by atoms with Crippen molar-refractivity contribution in [2.24, 2.45) is 0 Å². The van der Waals surface area contributed by atoms with Crippen LogP contribution in [0.1, 0.15) is 22.3 Å². The molecule has 1 nitrogen and oxygen atoms in total. The predicted octanol–water partition coefficient (Wildman–Crippen LogP) is 16.8. The van der Waals surface area contributed by atoms with Gasteiger partial charge in [0.25, 0.3) is 0 Å². The Hall–Kier alpha value is -8.26. The van der Waals surface area contributed by atoms with Crippen LogP contribution in [0.2, 0.25) is 0 Å². The standard InChI is InChI=1S/C63H41N/c1-3-18-42(19-4-1)44-34-37-62(57(39-44)43-20-5-2-6-21-43)64(47-24-17-23-45(38-47)56-40-46-22-7-8-25-49(46)50-26-9-10-27-51(50)56)48-35-36-55-54-30-13-16-33-60(54)63(61(55)41-48)58-31-14-11-28-52(58)53-29-12-15-32-59(53)63/h1-41H. The molecule has 0 aliphatic heterocycles. The van der Waals surface area contributed by atoms with Gasteiger partial charge in [-0.05, 0) is 136 Å². The molecule has 64 heavy (non-hydrogen) atoms. The van der Waals surface area contributed by atoms with Gasteiger partial charge in [-0.1, -0.05) is 206 Å². The highest BCUT2D eigenvalue weighted by atomic mass is 15.1. The SMILES string of the molecule is c1ccc(-c2ccc(N(c3cccc(-c4cc5ccccc5c5ccccc45)c3)c3ccc4c(c3)C3(c5ccccc5-c5ccccc53)c3ccccc3-4)c(-c3ccccc3)c2)cc1. The maximum absolute atomic E-state index is 2.51. The lowest BCUT2D eigenvalue weighted by Gasteiger charge is -2.33. The van der Waals surface area contributed by atoms with Crippen LogP contribution in [0.25, 0.3) is 77.2 Å². The van der Waals surface area contributed by atoms with Crippen LogP contribution in [0, 0.1) is 0 Å². The lowest BCUT2D eigenvalue weighted by molar-refractivity contribution is 0.793. The van der Waals surface area contributed by atoms with E-state index in [2.05, 4.69) is 254 Å². The van der Waals surface area contributed by atoms with Crippen LogP contribution in [-0.4, -0.2) is 0 Å². The smallest absolute Gasteiger partial charge is 0.0726 e. The zero-order valence-electron chi connectivity index (χ0n) is 35.1. The summed E-state index contributed by atoms with van der Waals surface area (Å²) >= 11 is 0. The highest BCUT2D eigenvalue weighted by molar-refractivity contribution is 6.14. The summed E-state index contributed by atoms with van der Waals surface area (Å²) in [7, 11) is 0. The second kappa shape index (κ2) is 14.4. The van der Waals surface area contributed by atoms with Crippen LogP contribution in [0.5, 0.6) is 0 Å². The number of anilines is 3. The first-order valence-corrected chi connectivity index (χ1v) is 22.3. The summed E-state index contributed by atoms with van der Waals surface area (Å²) in [6, 6.07) is 92.2. The van der Waals surface area contributed by atoms with Crippen molar-refractivity contribution in [3.63, 3.8) is 0 Å². The Morgan fingerprint density at radius 1 is 0.250 bits per heavy atom. The summed E-state index contributed by atoms with van der Waals surface area (Å²) in [5, 5.41) is 5.02. The van der Waals surface area contributed by atoms with E-state index in [4.69, 9.17) is 0 Å². The van der Waals surface area contributed by atoms with E-state index in [0.717, 1.165) is 17.1 Å². The van der Waals surface area contributed by atoms with E-state index in [1.54, 1.807) is 0 Å². The lowest BCUT2D eigenvalue weighted by atomic mass is 9.70. The Kier molecular flexibility index (Phi) is 8.20. The summed E-state index contributed by atoms with van der Waals surface area (Å²) in [4.78, 5) is 2.51. The van der Waals surface area contributed by atoms with Crippen molar-refractivity contribution in [3.05, 3.63) is 271 Å². The highest BCUT2D eigenvalue weighted by Gasteiger charge is 2.51. The molecule has 11 aromatic rings. The Labute approximate surface area is 373 Å². The average Bonchev–Trinajstić information content (AvgIpc) is 3.84. The van der Waals surface area contributed by atoms with Crippen molar-refractivity contribution in [2.45, 2.75) is 5.41 Å². The molecule has 0 amide bonds. The van der Waals surface area contributed by atoms with Crippen molar-refractivity contribution < 1.29 is 0 Å². The summed E-state index contributed by atoms with van der Waals surface area (Å²) < 4.78 is 0. The van der Waals surface area contributed by atoms with Gasteiger partial charge in [0, 0.05) is 16.9 Å². The molecule has 13 rings (SSSR count). The monoisotopic (exact) mass is 811 g/mol. The van der Waals surface area contributed by atoms with Gasteiger partial charge in [0.2, 0.25) is 0 Å². The molecule has 1 heteroatoms. The molecular formula is C63H41N. The molecule has 298 valence electrons. The first-order chi connectivity index (χ1) is 31.8. The minimum Gasteiger partial charge on any atom is -0.310 e. The highest BCUT2D eigenvalue weighted by Crippen LogP contribution is 2.63. The molecule has 0 fully saturated rings. The summed E-state index contributed by atoms with van der Waals surface area (Å²) in [6.07, 6.45) is 0. The molecule has 1 spiro atoms. The van der Waals surface area contributed by atoms with Gasteiger partial charge in [0.1, 0.15) is 0 Å². The molecule has 2 aliphatic carbocycles. The van der Waals surface area contributed by atoms with E-state index in [-0.39, 0.29) is 0 Å². The van der Waals surface area contributed by atoms with Gasteiger partial charge >= 0.3 is 0 Å². The van der Waals surface area contributed by atoms with Crippen molar-refractivity contribution in [1.82, 2.24) is 0 Å². The normalized spacial score (nSPS) is 12.8. The van der Waals surface area contributed by atoms with Crippen LogP contribution in [0.3, 0.4) is 0 Å². The summed E-state index contributed by atoms with van der Waals surface area (Å²) in [6.45, 7) is 0. The Balaban J connectivity index is 1.09. The fourth-order valence-corrected chi connectivity index (χ4v) is 11.1. The Bertz CT molecular complexity index is 3560. The maximum Gasteiger partial charge on any atom is 0.0726 e. The average molecular weight is 812 g/mol. The van der Waals surface area contributed by atoms with Crippen molar-refractivity contribution in [3.8, 4) is 55.6 Å². The predicted molar refractivity (Wildman–Crippen MR) is 269 cm³/mol. The first kappa shape index (κ1) is 36.4. The quantitative estimate of drug-likeness (QED) is 0.151. The van der Waals surface area contributed by atoms with Gasteiger partial charge in [-0.3, -0.25) is 0 Å². The summed E-state index contributed by atoms with van der Waals surface area (Å²) in [5.74, 6) is 0. The van der Waals surface area contributed by atoms with Crippen LogP contribution >= 0.6 is 0 Å². The number of hydrogen-bond donors (Lipinski definition) is 0. The molecule has 2 aliphatic rings. The molecule has 0 saturated heterocycles. The first-order valence-electron chi connectivity index (χ1n) is 22.3. The number of hydrogen-bond acceptors (Lipinski definition) is 1. The van der Waals surface area contributed by atoms with E-state index in [1.807, 2.05) is 0 Å². The third-order valence-electron chi connectivity index (χ3n) is 13.9. The third-order valence-corrected chi connectivity index (χ3v) is 13.9. The minimum absolute atomic E-state index is 0.466. The van der Waals surface area contributed by atoms with Crippen molar-refractivity contribution in [2.75, 3.05) is 4.90 Å². The Morgan fingerprint density at radius 2 is 0.781 bits per heavy atom. The number of nitrogens with zero attached hydrogens (tertiary/aromatic N) is 1. The third kappa shape index (κ3) is 5.38. The van der Waals surface area contributed by atoms with Crippen molar-refractivity contribution >= 4 is 38.6 Å². The van der Waals surface area contributed by atoms with E-state index < -0.39 is 5.41 Å². The molecule has 0 saturated carbocycles. The van der Waals surface area contributed by atoms with E-state index in [9.17, 15) is 0 Å². The zero-order chi connectivity index (χ0) is 42.2. The van der Waals surface area contributed by atoms with Gasteiger partial charge in [-0.15, -0.1) is 0 Å². The molecule has 0 bridgehead atoms. The lowest BCUT2D eigenvalue weighted by Crippen LogP contribution is -2.26. The number of fused-ring (bicyclic) bond motifs is 13. The van der Waals surface area contributed by atoms with Crippen LogP contribution < -0.4 is 4.90 Å². The molecule has 11 aromatic carbocycles. The van der Waals surface area contributed by atoms with Gasteiger partial charge < -0.3 is 4.90 Å². The zero-order valence-corrected chi connectivity index (χ0v) is 35.1. The van der Waals surface area contributed by atoms with Crippen LogP contribution in [0.15, 0.2) is 249 Å². The minimum atomic E-state index is -0.466. The molecule has 0 N–H and O–H groups in total. The molecule has 0 radical (unpaired) electrons. The molecule has 0 aromatic heterocycles. The number of rotatable bonds is 6. The van der Waals surface area contributed by atoms with Crippen LogP contribution in [0.4, 0.5) is 17.1 Å². The number of benzene rings is 11. The van der Waals surface area contributed by atoms with Crippen LogP contribution in [-0.2, 0) is 5.41 Å². The topological polar surface area (TPSA) is 3.24 Å². The van der Waals surface area contributed by atoms with Gasteiger partial charge in [0.05, 0.1) is 11.1 Å². The van der Waals surface area contributed by atoms with E-state index in [1.165, 1.54) is 99.4 Å². The van der Waals surface area contributed by atoms with Crippen molar-refractivity contribution in [1.29, 1.82) is 0 Å². The second-order valence-electron chi connectivity index (χ2n) is 17.2. The molecule has 0 heterocycles. The van der Waals surface area contributed by atoms with Gasteiger partial charge in [-0.2, -0.15) is 0 Å². The fraction of sp³-hybridized carbons (Fsp3) is 0.0159. The Morgan fingerprint density at radius 3 is 1.47 bits per heavy atom. The maximum atomic E-state index is 2.51. The molecule has 0 atom stereocenters. The largest absolute Gasteiger partial charge is 0.310 e. The van der Waals surface area contributed by atoms with E-state index in [0.29, 0.717) is 0 Å². The van der Waals surface area contributed by atoms with Gasteiger partial charge in [-0.25, -0.2) is 0 Å². The molecular weight excluding hydrogens is 771 g/mol. The van der Waals surface area contributed by atoms with Gasteiger partial charge in [0.15, 0.2) is 0 Å². The molecule has 0 unspecified atom stereocenters. The second-order valence-corrected chi connectivity index (χ2v) is 17.2. The summed E-state index contributed by atoms with van der Waals surface area (Å²) in [5.41, 5.74) is 20.5. The fourth-order valence-electron chi connectivity index (χ4n) is 11.1.